The molecule has 1 aliphatic heterocycles. The zero-order chi connectivity index (χ0) is 23.8. The fourth-order valence-corrected chi connectivity index (χ4v) is 5.05. The van der Waals surface area contributed by atoms with Crippen molar-refractivity contribution >= 4 is 23.2 Å². The van der Waals surface area contributed by atoms with Gasteiger partial charge in [0.05, 0.1) is 11.5 Å². The Labute approximate surface area is 205 Å². The zero-order valence-corrected chi connectivity index (χ0v) is 20.4. The summed E-state index contributed by atoms with van der Waals surface area (Å²) < 4.78 is 5.90. The maximum atomic E-state index is 13.5. The van der Waals surface area contributed by atoms with Crippen molar-refractivity contribution in [2.24, 2.45) is 0 Å². The molecule has 3 aromatic rings. The average molecular weight is 478 g/mol. The van der Waals surface area contributed by atoms with Gasteiger partial charge in [-0.15, -0.1) is 11.3 Å². The smallest absolute Gasteiger partial charge is 0.265 e. The van der Waals surface area contributed by atoms with Crippen LogP contribution < -0.4 is 10.1 Å². The number of ether oxygens (including phenoxy) is 1. The molecule has 2 amide bonds. The SMILES string of the molecule is Cc1ccsc1C(=O)N(Cc1ccc(OCCCc2cccnc2)cc1)[C@H]1CCCCNC1=O. The molecule has 0 aliphatic carbocycles. The molecule has 1 fully saturated rings. The van der Waals surface area contributed by atoms with Crippen molar-refractivity contribution in [2.75, 3.05) is 13.2 Å². The van der Waals surface area contributed by atoms with Crippen molar-refractivity contribution in [1.82, 2.24) is 15.2 Å². The lowest BCUT2D eigenvalue weighted by molar-refractivity contribution is -0.125. The number of pyridine rings is 1. The molecule has 1 saturated heterocycles. The molecule has 7 heteroatoms. The van der Waals surface area contributed by atoms with Crippen LogP contribution in [-0.4, -0.2) is 40.9 Å². The van der Waals surface area contributed by atoms with Gasteiger partial charge in [-0.05, 0) is 85.4 Å². The highest BCUT2D eigenvalue weighted by Gasteiger charge is 2.32. The quantitative estimate of drug-likeness (QED) is 0.451. The van der Waals surface area contributed by atoms with Crippen molar-refractivity contribution in [2.45, 2.75) is 51.6 Å². The van der Waals surface area contributed by atoms with E-state index >= 15 is 0 Å². The van der Waals surface area contributed by atoms with Crippen LogP contribution >= 0.6 is 11.3 Å². The molecule has 178 valence electrons. The van der Waals surface area contributed by atoms with Gasteiger partial charge in [0, 0.05) is 25.5 Å². The molecule has 0 radical (unpaired) electrons. The molecule has 0 bridgehead atoms. The Balaban J connectivity index is 1.40. The van der Waals surface area contributed by atoms with Gasteiger partial charge in [0.25, 0.3) is 5.91 Å². The van der Waals surface area contributed by atoms with Gasteiger partial charge in [0.2, 0.25) is 5.91 Å². The van der Waals surface area contributed by atoms with E-state index in [0.717, 1.165) is 42.6 Å². The van der Waals surface area contributed by atoms with Crippen molar-refractivity contribution in [3.63, 3.8) is 0 Å². The largest absolute Gasteiger partial charge is 0.494 e. The van der Waals surface area contributed by atoms with Gasteiger partial charge in [-0.1, -0.05) is 18.2 Å². The van der Waals surface area contributed by atoms with Crippen LogP contribution in [-0.2, 0) is 17.8 Å². The van der Waals surface area contributed by atoms with E-state index in [2.05, 4.69) is 16.4 Å². The van der Waals surface area contributed by atoms with Gasteiger partial charge in [-0.2, -0.15) is 0 Å². The maximum absolute atomic E-state index is 13.5. The summed E-state index contributed by atoms with van der Waals surface area (Å²) in [5, 5.41) is 4.90. The van der Waals surface area contributed by atoms with E-state index in [1.165, 1.54) is 16.9 Å². The molecule has 4 rings (SSSR count). The number of carbonyl (C=O) groups is 2. The van der Waals surface area contributed by atoms with Crippen LogP contribution in [0.25, 0.3) is 0 Å². The molecule has 6 nitrogen and oxygen atoms in total. The molecule has 0 unspecified atom stereocenters. The second kappa shape index (κ2) is 11.8. The lowest BCUT2D eigenvalue weighted by Crippen LogP contribution is -2.48. The number of thiophene rings is 1. The van der Waals surface area contributed by atoms with Crippen LogP contribution in [0.4, 0.5) is 0 Å². The number of hydrogen-bond acceptors (Lipinski definition) is 5. The molecule has 1 atom stereocenters. The number of amides is 2. The van der Waals surface area contributed by atoms with Crippen molar-refractivity contribution in [3.05, 3.63) is 81.8 Å². The highest BCUT2D eigenvalue weighted by atomic mass is 32.1. The van der Waals surface area contributed by atoms with Crippen LogP contribution in [0, 0.1) is 6.92 Å². The number of hydrogen-bond donors (Lipinski definition) is 1. The first-order valence-corrected chi connectivity index (χ1v) is 12.7. The summed E-state index contributed by atoms with van der Waals surface area (Å²) in [4.78, 5) is 32.8. The third-order valence-electron chi connectivity index (χ3n) is 6.08. The molecule has 34 heavy (non-hydrogen) atoms. The molecule has 1 N–H and O–H groups in total. The number of aromatic nitrogens is 1. The highest BCUT2D eigenvalue weighted by Crippen LogP contribution is 2.24. The normalized spacial score (nSPS) is 15.9. The summed E-state index contributed by atoms with van der Waals surface area (Å²) in [5.41, 5.74) is 3.13. The summed E-state index contributed by atoms with van der Waals surface area (Å²) in [5.74, 6) is 0.660. The molecule has 0 spiro atoms. The van der Waals surface area contributed by atoms with Gasteiger partial charge in [0.1, 0.15) is 11.8 Å². The van der Waals surface area contributed by atoms with Crippen molar-refractivity contribution in [1.29, 1.82) is 0 Å². The van der Waals surface area contributed by atoms with Crippen LogP contribution in [0.3, 0.4) is 0 Å². The monoisotopic (exact) mass is 477 g/mol. The molecular formula is C27H31N3O3S. The van der Waals surface area contributed by atoms with E-state index in [9.17, 15) is 9.59 Å². The number of nitrogens with zero attached hydrogens (tertiary/aromatic N) is 2. The van der Waals surface area contributed by atoms with Gasteiger partial charge in [0.15, 0.2) is 0 Å². The van der Waals surface area contributed by atoms with Crippen LogP contribution in [0.1, 0.15) is 52.0 Å². The maximum Gasteiger partial charge on any atom is 0.265 e. The summed E-state index contributed by atoms with van der Waals surface area (Å²) >= 11 is 1.43. The Morgan fingerprint density at radius 3 is 2.76 bits per heavy atom. The van der Waals surface area contributed by atoms with Gasteiger partial charge in [-0.3, -0.25) is 14.6 Å². The van der Waals surface area contributed by atoms with Crippen LogP contribution in [0.2, 0.25) is 0 Å². The fourth-order valence-electron chi connectivity index (χ4n) is 4.17. The molecule has 2 aromatic heterocycles. The molecule has 1 aliphatic rings. The number of carbonyl (C=O) groups excluding carboxylic acids is 2. The van der Waals surface area contributed by atoms with Crippen molar-refractivity contribution in [3.8, 4) is 5.75 Å². The minimum absolute atomic E-state index is 0.0615. The second-order valence-corrected chi connectivity index (χ2v) is 9.54. The number of nitrogens with one attached hydrogen (secondary N) is 1. The van der Waals surface area contributed by atoms with E-state index in [0.29, 0.717) is 31.0 Å². The highest BCUT2D eigenvalue weighted by molar-refractivity contribution is 7.12. The molecular weight excluding hydrogens is 446 g/mol. The second-order valence-electron chi connectivity index (χ2n) is 8.63. The number of benzene rings is 1. The molecule has 0 saturated carbocycles. The summed E-state index contributed by atoms with van der Waals surface area (Å²) in [6.07, 6.45) is 8.03. The van der Waals surface area contributed by atoms with E-state index in [1.54, 1.807) is 11.1 Å². The van der Waals surface area contributed by atoms with Gasteiger partial charge < -0.3 is 15.0 Å². The van der Waals surface area contributed by atoms with E-state index in [-0.39, 0.29) is 11.8 Å². The summed E-state index contributed by atoms with van der Waals surface area (Å²) in [6.45, 7) is 3.62. The standard InChI is InChI=1S/C27H31N3O3S/c1-20-13-17-34-25(20)27(32)30(24-8-2-3-15-29-26(24)31)19-22-9-11-23(12-10-22)33-16-5-7-21-6-4-14-28-18-21/h4,6,9-14,17-18,24H,2-3,5,7-8,15-16,19H2,1H3,(H,29,31)/t24-/m0/s1. The Morgan fingerprint density at radius 1 is 1.18 bits per heavy atom. The minimum Gasteiger partial charge on any atom is -0.494 e. The third-order valence-corrected chi connectivity index (χ3v) is 7.08. The molecule has 3 heterocycles. The summed E-state index contributed by atoms with van der Waals surface area (Å²) in [7, 11) is 0. The topological polar surface area (TPSA) is 71.5 Å². The lowest BCUT2D eigenvalue weighted by Gasteiger charge is -2.30. The number of aryl methyl sites for hydroxylation is 2. The van der Waals surface area contributed by atoms with E-state index < -0.39 is 6.04 Å². The zero-order valence-electron chi connectivity index (χ0n) is 19.5. The van der Waals surface area contributed by atoms with Crippen LogP contribution in [0.5, 0.6) is 5.75 Å². The average Bonchev–Trinajstić information content (AvgIpc) is 3.18. The Bertz CT molecular complexity index is 1080. The predicted octanol–water partition coefficient (Wildman–Crippen LogP) is 4.77. The van der Waals surface area contributed by atoms with E-state index in [1.807, 2.05) is 54.9 Å². The minimum atomic E-state index is -0.458. The lowest BCUT2D eigenvalue weighted by atomic mass is 10.1. The fraction of sp³-hybridized carbons (Fsp3) is 0.370. The first-order valence-electron chi connectivity index (χ1n) is 11.9. The van der Waals surface area contributed by atoms with E-state index in [4.69, 9.17) is 4.74 Å². The number of rotatable bonds is 9. The Hall–Kier alpha value is -3.19. The third kappa shape index (κ3) is 6.23. The Morgan fingerprint density at radius 2 is 2.03 bits per heavy atom. The Kier molecular flexibility index (Phi) is 8.31. The molecule has 1 aromatic carbocycles. The van der Waals surface area contributed by atoms with Gasteiger partial charge in [-0.25, -0.2) is 0 Å². The predicted molar refractivity (Wildman–Crippen MR) is 134 cm³/mol. The van der Waals surface area contributed by atoms with Gasteiger partial charge >= 0.3 is 0 Å². The summed E-state index contributed by atoms with van der Waals surface area (Å²) in [6, 6.07) is 13.3. The first kappa shape index (κ1) is 24.0. The van der Waals surface area contributed by atoms with Crippen molar-refractivity contribution < 1.29 is 14.3 Å². The van der Waals surface area contributed by atoms with Crippen LogP contribution in [0.15, 0.2) is 60.2 Å². The first-order chi connectivity index (χ1) is 16.6.